The lowest BCUT2D eigenvalue weighted by Crippen LogP contribution is -2.31. The highest BCUT2D eigenvalue weighted by atomic mass is 15.2. The van der Waals surface area contributed by atoms with Crippen molar-refractivity contribution in [2.24, 2.45) is 0 Å². The molecule has 1 rings (SSSR count). The van der Waals surface area contributed by atoms with E-state index in [0.29, 0.717) is 0 Å². The summed E-state index contributed by atoms with van der Waals surface area (Å²) in [6.45, 7) is 6.09. The highest BCUT2D eigenvalue weighted by molar-refractivity contribution is 4.77. The zero-order valence-corrected chi connectivity index (χ0v) is 8.47. The van der Waals surface area contributed by atoms with E-state index in [2.05, 4.69) is 17.1 Å². The van der Waals surface area contributed by atoms with Gasteiger partial charge < -0.3 is 10.2 Å². The average molecular weight is 170 g/mol. The number of likely N-dealkylation sites (tertiary alicyclic amines) is 1. The summed E-state index contributed by atoms with van der Waals surface area (Å²) in [6.07, 6.45) is 5.47. The predicted octanol–water partition coefficient (Wildman–Crippen LogP) is 1.47. The van der Waals surface area contributed by atoms with Gasteiger partial charge in [-0.05, 0) is 52.4 Å². The van der Waals surface area contributed by atoms with Crippen LogP contribution in [0.25, 0.3) is 0 Å². The first-order chi connectivity index (χ1) is 5.88. The van der Waals surface area contributed by atoms with E-state index in [1.165, 1.54) is 38.8 Å². The maximum absolute atomic E-state index is 3.20. The standard InChI is InChI=1S/C10H22N2/c1-3-10-6-4-8-12(10)9-5-7-11-2/h10-11H,3-9H2,1-2H3. The SMILES string of the molecule is CCC1CCCN1CCCNC. The maximum atomic E-state index is 3.20. The number of hydrogen-bond acceptors (Lipinski definition) is 2. The zero-order chi connectivity index (χ0) is 8.81. The molecule has 0 aromatic heterocycles. The fraction of sp³-hybridized carbons (Fsp3) is 1.00. The van der Waals surface area contributed by atoms with Crippen LogP contribution in [0, 0.1) is 0 Å². The van der Waals surface area contributed by atoms with Crippen LogP contribution < -0.4 is 5.32 Å². The normalized spacial score (nSPS) is 25.0. The van der Waals surface area contributed by atoms with E-state index in [-0.39, 0.29) is 0 Å². The minimum atomic E-state index is 0.891. The molecule has 0 spiro atoms. The molecule has 0 radical (unpaired) electrons. The third kappa shape index (κ3) is 2.76. The van der Waals surface area contributed by atoms with Crippen molar-refractivity contribution in [3.05, 3.63) is 0 Å². The Hall–Kier alpha value is -0.0800. The Balaban J connectivity index is 2.12. The molecule has 0 aliphatic carbocycles. The van der Waals surface area contributed by atoms with E-state index in [4.69, 9.17) is 0 Å². The van der Waals surface area contributed by atoms with E-state index >= 15 is 0 Å². The molecule has 0 bridgehead atoms. The summed E-state index contributed by atoms with van der Waals surface area (Å²) in [4.78, 5) is 2.65. The summed E-state index contributed by atoms with van der Waals surface area (Å²) in [7, 11) is 2.03. The molecule has 1 atom stereocenters. The van der Waals surface area contributed by atoms with Crippen molar-refractivity contribution in [1.29, 1.82) is 0 Å². The van der Waals surface area contributed by atoms with Crippen LogP contribution in [-0.4, -0.2) is 37.6 Å². The average Bonchev–Trinajstić information content (AvgIpc) is 2.52. The molecule has 12 heavy (non-hydrogen) atoms. The van der Waals surface area contributed by atoms with E-state index in [9.17, 15) is 0 Å². The van der Waals surface area contributed by atoms with Gasteiger partial charge in [0.25, 0.3) is 0 Å². The molecular formula is C10H22N2. The Kier molecular flexibility index (Phi) is 4.62. The third-order valence-electron chi connectivity index (χ3n) is 2.84. The molecule has 1 fully saturated rings. The molecule has 72 valence electrons. The second-order valence-corrected chi connectivity index (χ2v) is 3.70. The Labute approximate surface area is 76.3 Å². The van der Waals surface area contributed by atoms with E-state index in [0.717, 1.165) is 12.6 Å². The van der Waals surface area contributed by atoms with Gasteiger partial charge in [0.1, 0.15) is 0 Å². The second-order valence-electron chi connectivity index (χ2n) is 3.70. The van der Waals surface area contributed by atoms with Crippen molar-refractivity contribution >= 4 is 0 Å². The Morgan fingerprint density at radius 3 is 3.00 bits per heavy atom. The zero-order valence-electron chi connectivity index (χ0n) is 8.47. The molecule has 1 aliphatic rings. The molecule has 2 nitrogen and oxygen atoms in total. The lowest BCUT2D eigenvalue weighted by molar-refractivity contribution is 0.245. The smallest absolute Gasteiger partial charge is 0.00931 e. The number of nitrogens with one attached hydrogen (secondary N) is 1. The minimum Gasteiger partial charge on any atom is -0.320 e. The van der Waals surface area contributed by atoms with E-state index < -0.39 is 0 Å². The van der Waals surface area contributed by atoms with Crippen molar-refractivity contribution in [3.63, 3.8) is 0 Å². The summed E-state index contributed by atoms with van der Waals surface area (Å²) >= 11 is 0. The van der Waals surface area contributed by atoms with Gasteiger partial charge in [0.2, 0.25) is 0 Å². The van der Waals surface area contributed by atoms with Crippen LogP contribution in [0.4, 0.5) is 0 Å². The van der Waals surface area contributed by atoms with Crippen molar-refractivity contribution in [3.8, 4) is 0 Å². The van der Waals surface area contributed by atoms with Gasteiger partial charge >= 0.3 is 0 Å². The second kappa shape index (κ2) is 5.55. The number of hydrogen-bond donors (Lipinski definition) is 1. The molecular weight excluding hydrogens is 148 g/mol. The summed E-state index contributed by atoms with van der Waals surface area (Å²) < 4.78 is 0. The monoisotopic (exact) mass is 170 g/mol. The molecule has 1 unspecified atom stereocenters. The number of nitrogens with zero attached hydrogens (tertiary/aromatic N) is 1. The fourth-order valence-electron chi connectivity index (χ4n) is 2.11. The summed E-state index contributed by atoms with van der Waals surface area (Å²) in [6, 6.07) is 0.891. The lowest BCUT2D eigenvalue weighted by Gasteiger charge is -2.22. The lowest BCUT2D eigenvalue weighted by atomic mass is 10.2. The fourth-order valence-corrected chi connectivity index (χ4v) is 2.11. The third-order valence-corrected chi connectivity index (χ3v) is 2.84. The quantitative estimate of drug-likeness (QED) is 0.629. The molecule has 1 heterocycles. The van der Waals surface area contributed by atoms with Crippen molar-refractivity contribution in [2.75, 3.05) is 26.7 Å². The molecule has 2 heteroatoms. The molecule has 1 N–H and O–H groups in total. The molecule has 0 aromatic carbocycles. The Morgan fingerprint density at radius 1 is 1.50 bits per heavy atom. The van der Waals surface area contributed by atoms with Crippen LogP contribution >= 0.6 is 0 Å². The van der Waals surface area contributed by atoms with Crippen LogP contribution in [0.2, 0.25) is 0 Å². The van der Waals surface area contributed by atoms with Gasteiger partial charge in [-0.3, -0.25) is 0 Å². The van der Waals surface area contributed by atoms with Crippen LogP contribution in [0.15, 0.2) is 0 Å². The van der Waals surface area contributed by atoms with Gasteiger partial charge in [-0.25, -0.2) is 0 Å². The Morgan fingerprint density at radius 2 is 2.33 bits per heavy atom. The van der Waals surface area contributed by atoms with Crippen LogP contribution in [0.3, 0.4) is 0 Å². The van der Waals surface area contributed by atoms with E-state index in [1.807, 2.05) is 7.05 Å². The largest absolute Gasteiger partial charge is 0.320 e. The highest BCUT2D eigenvalue weighted by Gasteiger charge is 2.21. The van der Waals surface area contributed by atoms with Crippen LogP contribution in [0.5, 0.6) is 0 Å². The molecule has 0 amide bonds. The molecule has 0 aromatic rings. The first kappa shape index (κ1) is 10.0. The first-order valence-electron chi connectivity index (χ1n) is 5.27. The molecule has 1 saturated heterocycles. The van der Waals surface area contributed by atoms with Gasteiger partial charge in [-0.15, -0.1) is 0 Å². The topological polar surface area (TPSA) is 15.3 Å². The van der Waals surface area contributed by atoms with Crippen molar-refractivity contribution in [1.82, 2.24) is 10.2 Å². The minimum absolute atomic E-state index is 0.891. The molecule has 1 aliphatic heterocycles. The number of rotatable bonds is 5. The molecule has 0 saturated carbocycles. The maximum Gasteiger partial charge on any atom is 0.00931 e. The van der Waals surface area contributed by atoms with E-state index in [1.54, 1.807) is 0 Å². The van der Waals surface area contributed by atoms with Crippen molar-refractivity contribution < 1.29 is 0 Å². The van der Waals surface area contributed by atoms with Crippen LogP contribution in [-0.2, 0) is 0 Å². The summed E-state index contributed by atoms with van der Waals surface area (Å²) in [5.41, 5.74) is 0. The Bertz CT molecular complexity index is 114. The van der Waals surface area contributed by atoms with Gasteiger partial charge in [0.05, 0.1) is 0 Å². The predicted molar refractivity (Wildman–Crippen MR) is 53.4 cm³/mol. The summed E-state index contributed by atoms with van der Waals surface area (Å²) in [5.74, 6) is 0. The van der Waals surface area contributed by atoms with Crippen LogP contribution in [0.1, 0.15) is 32.6 Å². The summed E-state index contributed by atoms with van der Waals surface area (Å²) in [5, 5.41) is 3.20. The van der Waals surface area contributed by atoms with Gasteiger partial charge in [0.15, 0.2) is 0 Å². The highest BCUT2D eigenvalue weighted by Crippen LogP contribution is 2.19. The van der Waals surface area contributed by atoms with Gasteiger partial charge in [-0.1, -0.05) is 6.92 Å². The van der Waals surface area contributed by atoms with Gasteiger partial charge in [-0.2, -0.15) is 0 Å². The first-order valence-corrected chi connectivity index (χ1v) is 5.27. The van der Waals surface area contributed by atoms with Crippen molar-refractivity contribution in [2.45, 2.75) is 38.6 Å². The van der Waals surface area contributed by atoms with Gasteiger partial charge in [0, 0.05) is 6.04 Å².